The third-order valence-electron chi connectivity index (χ3n) is 5.64. The van der Waals surface area contributed by atoms with Crippen LogP contribution in [-0.2, 0) is 11.3 Å². The number of rotatable bonds is 6. The van der Waals surface area contributed by atoms with Gasteiger partial charge in [0.15, 0.2) is 0 Å². The summed E-state index contributed by atoms with van der Waals surface area (Å²) >= 11 is 0. The predicted octanol–water partition coefficient (Wildman–Crippen LogP) is 4.34. The van der Waals surface area contributed by atoms with Crippen LogP contribution in [0.4, 0.5) is 5.69 Å². The zero-order valence-electron chi connectivity index (χ0n) is 17.4. The van der Waals surface area contributed by atoms with Gasteiger partial charge in [-0.2, -0.15) is 0 Å². The fourth-order valence-corrected chi connectivity index (χ4v) is 3.90. The molecule has 4 nitrogen and oxygen atoms in total. The normalized spacial score (nSPS) is 17.3. The Morgan fingerprint density at radius 3 is 2.39 bits per heavy atom. The highest BCUT2D eigenvalue weighted by Crippen LogP contribution is 2.24. The monoisotopic (exact) mass is 379 g/mol. The van der Waals surface area contributed by atoms with E-state index in [1.807, 2.05) is 25.1 Å². The fraction of sp³-hybridized carbons (Fsp3) is 0.458. The van der Waals surface area contributed by atoms with Gasteiger partial charge in [0, 0.05) is 31.9 Å². The molecular weight excluding hydrogens is 346 g/mol. The maximum absolute atomic E-state index is 12.9. The molecule has 28 heavy (non-hydrogen) atoms. The van der Waals surface area contributed by atoms with E-state index in [1.54, 1.807) is 0 Å². The largest absolute Gasteiger partial charge is 0.324 e. The first kappa shape index (κ1) is 20.6. The molecule has 150 valence electrons. The van der Waals surface area contributed by atoms with Crippen LogP contribution in [0.15, 0.2) is 54.6 Å². The average Bonchev–Trinajstić information content (AvgIpc) is 2.94. The Kier molecular flexibility index (Phi) is 7.24. The molecule has 4 heteroatoms. The average molecular weight is 380 g/mol. The van der Waals surface area contributed by atoms with Crippen molar-refractivity contribution >= 4 is 11.6 Å². The first-order chi connectivity index (χ1) is 13.5. The fourth-order valence-electron chi connectivity index (χ4n) is 3.90. The summed E-state index contributed by atoms with van der Waals surface area (Å²) in [5.74, 6) is 0.473. The number of nitrogens with one attached hydrogen (secondary N) is 1. The molecule has 1 N–H and O–H groups in total. The Bertz CT molecular complexity index is 759. The van der Waals surface area contributed by atoms with E-state index < -0.39 is 0 Å². The molecule has 3 rings (SSSR count). The van der Waals surface area contributed by atoms with Gasteiger partial charge < -0.3 is 5.32 Å². The summed E-state index contributed by atoms with van der Waals surface area (Å²) in [4.78, 5) is 17.7. The summed E-state index contributed by atoms with van der Waals surface area (Å²) < 4.78 is 0. The van der Waals surface area contributed by atoms with Crippen LogP contribution in [0.25, 0.3) is 0 Å². The molecule has 1 aliphatic heterocycles. The quantitative estimate of drug-likeness (QED) is 0.811. The van der Waals surface area contributed by atoms with Crippen LogP contribution >= 0.6 is 0 Å². The summed E-state index contributed by atoms with van der Waals surface area (Å²) in [6.07, 6.45) is 1.09. The van der Waals surface area contributed by atoms with E-state index in [4.69, 9.17) is 0 Å². The third-order valence-corrected chi connectivity index (χ3v) is 5.64. The number of benzene rings is 2. The highest BCUT2D eigenvalue weighted by Gasteiger charge is 2.24. The lowest BCUT2D eigenvalue weighted by Gasteiger charge is -2.27. The Balaban J connectivity index is 1.57. The summed E-state index contributed by atoms with van der Waals surface area (Å²) in [7, 11) is 0. The third kappa shape index (κ3) is 5.43. The van der Waals surface area contributed by atoms with E-state index in [2.05, 4.69) is 65.4 Å². The molecule has 2 aromatic carbocycles. The molecule has 1 amide bonds. The minimum atomic E-state index is -0.128. The second-order valence-corrected chi connectivity index (χ2v) is 8.06. The molecule has 0 radical (unpaired) electrons. The van der Waals surface area contributed by atoms with Crippen LogP contribution in [0.1, 0.15) is 44.2 Å². The second-order valence-electron chi connectivity index (χ2n) is 8.06. The topological polar surface area (TPSA) is 35.6 Å². The molecule has 1 saturated heterocycles. The van der Waals surface area contributed by atoms with Crippen molar-refractivity contribution in [1.29, 1.82) is 0 Å². The van der Waals surface area contributed by atoms with E-state index >= 15 is 0 Å². The molecule has 0 aliphatic carbocycles. The number of nitrogens with zero attached hydrogens (tertiary/aromatic N) is 2. The molecule has 0 saturated carbocycles. The Morgan fingerprint density at radius 1 is 0.929 bits per heavy atom. The van der Waals surface area contributed by atoms with Crippen molar-refractivity contribution in [3.8, 4) is 0 Å². The van der Waals surface area contributed by atoms with Crippen LogP contribution < -0.4 is 5.32 Å². The number of hydrogen-bond donors (Lipinski definition) is 1. The first-order valence-corrected chi connectivity index (χ1v) is 10.4. The second kappa shape index (κ2) is 9.85. The van der Waals surface area contributed by atoms with Gasteiger partial charge in [-0.05, 0) is 43.0 Å². The molecule has 0 spiro atoms. The smallest absolute Gasteiger partial charge is 0.241 e. The van der Waals surface area contributed by atoms with Gasteiger partial charge in [-0.15, -0.1) is 0 Å². The maximum atomic E-state index is 12.9. The molecule has 0 bridgehead atoms. The van der Waals surface area contributed by atoms with Crippen molar-refractivity contribution in [3.63, 3.8) is 0 Å². The van der Waals surface area contributed by atoms with Gasteiger partial charge in [0.1, 0.15) is 0 Å². The molecule has 1 aliphatic rings. The van der Waals surface area contributed by atoms with Crippen molar-refractivity contribution in [2.45, 2.75) is 45.7 Å². The van der Waals surface area contributed by atoms with Crippen molar-refractivity contribution in [3.05, 3.63) is 65.7 Å². The number of amides is 1. The van der Waals surface area contributed by atoms with Crippen molar-refractivity contribution in [2.24, 2.45) is 0 Å². The van der Waals surface area contributed by atoms with Crippen LogP contribution in [0.3, 0.4) is 0 Å². The molecule has 1 fully saturated rings. The molecule has 1 heterocycles. The van der Waals surface area contributed by atoms with Crippen molar-refractivity contribution in [2.75, 3.05) is 31.5 Å². The van der Waals surface area contributed by atoms with Crippen molar-refractivity contribution < 1.29 is 4.79 Å². The van der Waals surface area contributed by atoms with Gasteiger partial charge in [-0.1, -0.05) is 62.4 Å². The van der Waals surface area contributed by atoms with E-state index in [9.17, 15) is 4.79 Å². The van der Waals surface area contributed by atoms with E-state index in [0.717, 1.165) is 44.8 Å². The van der Waals surface area contributed by atoms with Gasteiger partial charge in [0.25, 0.3) is 0 Å². The van der Waals surface area contributed by atoms with Crippen LogP contribution in [-0.4, -0.2) is 47.9 Å². The number of carbonyl (C=O) groups excluding carboxylic acids is 1. The predicted molar refractivity (Wildman–Crippen MR) is 117 cm³/mol. The minimum absolute atomic E-state index is 0.0876. The molecular formula is C24H33N3O. The standard InChI is InChI=1S/C24H33N3O/c1-19(2)22-12-7-8-13-23(22)25-24(28)20(3)27-15-9-14-26(16-17-27)18-21-10-5-4-6-11-21/h4-8,10-13,19-20H,9,14-18H2,1-3H3,(H,25,28). The first-order valence-electron chi connectivity index (χ1n) is 10.4. The summed E-state index contributed by atoms with van der Waals surface area (Å²) in [6, 6.07) is 18.6. The minimum Gasteiger partial charge on any atom is -0.324 e. The maximum Gasteiger partial charge on any atom is 0.241 e. The van der Waals surface area contributed by atoms with E-state index in [0.29, 0.717) is 5.92 Å². The van der Waals surface area contributed by atoms with Crippen LogP contribution in [0.2, 0.25) is 0 Å². The number of hydrogen-bond acceptors (Lipinski definition) is 3. The SMILES string of the molecule is CC(C)c1ccccc1NC(=O)C(C)N1CCCN(Cc2ccccc2)CC1. The lowest BCUT2D eigenvalue weighted by Crippen LogP contribution is -2.44. The highest BCUT2D eigenvalue weighted by atomic mass is 16.2. The zero-order chi connectivity index (χ0) is 19.9. The highest BCUT2D eigenvalue weighted by molar-refractivity contribution is 5.95. The van der Waals surface area contributed by atoms with Gasteiger partial charge in [0.2, 0.25) is 5.91 Å². The Labute approximate surface area is 169 Å². The lowest BCUT2D eigenvalue weighted by atomic mass is 10.0. The van der Waals surface area contributed by atoms with E-state index in [-0.39, 0.29) is 11.9 Å². The van der Waals surface area contributed by atoms with E-state index in [1.165, 1.54) is 11.1 Å². The number of carbonyl (C=O) groups is 1. The van der Waals surface area contributed by atoms with Crippen LogP contribution in [0.5, 0.6) is 0 Å². The van der Waals surface area contributed by atoms with Gasteiger partial charge in [0.05, 0.1) is 6.04 Å². The van der Waals surface area contributed by atoms with Crippen molar-refractivity contribution in [1.82, 2.24) is 9.80 Å². The Hall–Kier alpha value is -2.17. The molecule has 0 aromatic heterocycles. The summed E-state index contributed by atoms with van der Waals surface area (Å²) in [6.45, 7) is 11.3. The van der Waals surface area contributed by atoms with Gasteiger partial charge in [-0.25, -0.2) is 0 Å². The summed E-state index contributed by atoms with van der Waals surface area (Å²) in [5, 5.41) is 3.17. The van der Waals surface area contributed by atoms with Crippen LogP contribution in [0, 0.1) is 0 Å². The summed E-state index contributed by atoms with van der Waals surface area (Å²) in [5.41, 5.74) is 3.48. The molecule has 1 unspecified atom stereocenters. The van der Waals surface area contributed by atoms with Gasteiger partial charge in [-0.3, -0.25) is 14.6 Å². The number of para-hydroxylation sites is 1. The molecule has 1 atom stereocenters. The number of anilines is 1. The van der Waals surface area contributed by atoms with Gasteiger partial charge >= 0.3 is 0 Å². The Morgan fingerprint density at radius 2 is 1.64 bits per heavy atom. The molecule has 2 aromatic rings. The zero-order valence-corrected chi connectivity index (χ0v) is 17.4. The lowest BCUT2D eigenvalue weighted by molar-refractivity contribution is -0.120.